The molecule has 0 amide bonds. The summed E-state index contributed by atoms with van der Waals surface area (Å²) in [5.74, 6) is 2.06. The van der Waals surface area contributed by atoms with Gasteiger partial charge in [0.1, 0.15) is 5.82 Å². The Morgan fingerprint density at radius 3 is 2.50 bits per heavy atom. The molecule has 2 saturated carbocycles. The fraction of sp³-hybridized carbons (Fsp3) is 0.833. The number of aromatic nitrogens is 2. The highest BCUT2D eigenvalue weighted by Gasteiger charge is 2.39. The number of hydrogen-bond acceptors (Lipinski definition) is 3. The third-order valence-corrected chi connectivity index (χ3v) is 6.36. The molecule has 1 aromatic rings. The Hall–Kier alpha value is -0.870. The van der Waals surface area contributed by atoms with Crippen LogP contribution in [0.25, 0.3) is 0 Å². The van der Waals surface area contributed by atoms with Crippen LogP contribution in [0.5, 0.6) is 0 Å². The van der Waals surface area contributed by atoms with Crippen molar-refractivity contribution in [2.24, 2.45) is 18.4 Å². The molecule has 2 heterocycles. The van der Waals surface area contributed by atoms with Crippen molar-refractivity contribution < 1.29 is 0 Å². The lowest BCUT2D eigenvalue weighted by Crippen LogP contribution is -2.44. The van der Waals surface area contributed by atoms with Gasteiger partial charge in [-0.15, -0.1) is 0 Å². The molecule has 0 radical (unpaired) electrons. The van der Waals surface area contributed by atoms with Crippen molar-refractivity contribution in [3.63, 3.8) is 0 Å². The first-order chi connectivity index (χ1) is 10.8. The van der Waals surface area contributed by atoms with E-state index in [2.05, 4.69) is 33.4 Å². The summed E-state index contributed by atoms with van der Waals surface area (Å²) in [5, 5.41) is 7.51. The van der Waals surface area contributed by atoms with Crippen LogP contribution >= 0.6 is 0 Å². The molecule has 1 spiro atoms. The Balaban J connectivity index is 1.38. The van der Waals surface area contributed by atoms with Crippen LogP contribution in [-0.2, 0) is 7.05 Å². The standard InChI is InChI=1S/C18H30N4/c1-22-13-12-20-17(22)16(14-2-3-14)21-15-4-6-18(7-5-15)8-10-19-11-9-18/h12-16,19,21H,2-11H2,1H3/t16-/m1/s1. The Bertz CT molecular complexity index is 489. The zero-order valence-corrected chi connectivity index (χ0v) is 13.9. The van der Waals surface area contributed by atoms with Gasteiger partial charge in [-0.2, -0.15) is 0 Å². The summed E-state index contributed by atoms with van der Waals surface area (Å²) in [6.45, 7) is 2.46. The van der Waals surface area contributed by atoms with Crippen LogP contribution in [0, 0.1) is 11.3 Å². The van der Waals surface area contributed by atoms with Crippen molar-refractivity contribution in [2.75, 3.05) is 13.1 Å². The molecule has 1 aromatic heterocycles. The van der Waals surface area contributed by atoms with E-state index in [1.807, 2.05) is 6.20 Å². The van der Waals surface area contributed by atoms with Gasteiger partial charge in [-0.25, -0.2) is 4.98 Å². The van der Waals surface area contributed by atoms with E-state index in [0.29, 0.717) is 17.5 Å². The summed E-state index contributed by atoms with van der Waals surface area (Å²) in [4.78, 5) is 4.62. The van der Waals surface area contributed by atoms with Gasteiger partial charge in [0, 0.05) is 25.5 Å². The fourth-order valence-corrected chi connectivity index (χ4v) is 4.64. The van der Waals surface area contributed by atoms with Crippen molar-refractivity contribution in [1.29, 1.82) is 0 Å². The quantitative estimate of drug-likeness (QED) is 0.898. The van der Waals surface area contributed by atoms with Gasteiger partial charge in [-0.05, 0) is 75.8 Å². The third-order valence-electron chi connectivity index (χ3n) is 6.36. The van der Waals surface area contributed by atoms with E-state index in [1.54, 1.807) is 0 Å². The number of imidazole rings is 1. The Morgan fingerprint density at radius 1 is 1.18 bits per heavy atom. The molecule has 4 nitrogen and oxygen atoms in total. The summed E-state index contributed by atoms with van der Waals surface area (Å²) in [6.07, 6.45) is 15.1. The first-order valence-electron chi connectivity index (χ1n) is 9.20. The van der Waals surface area contributed by atoms with Gasteiger partial charge in [-0.1, -0.05) is 0 Å². The van der Waals surface area contributed by atoms with Crippen molar-refractivity contribution in [2.45, 2.75) is 63.5 Å². The molecule has 0 bridgehead atoms. The highest BCUT2D eigenvalue weighted by Crippen LogP contribution is 2.45. The molecule has 1 atom stereocenters. The van der Waals surface area contributed by atoms with Crippen LogP contribution in [0.15, 0.2) is 12.4 Å². The maximum atomic E-state index is 4.62. The molecule has 3 aliphatic rings. The molecule has 1 saturated heterocycles. The van der Waals surface area contributed by atoms with Gasteiger partial charge >= 0.3 is 0 Å². The minimum absolute atomic E-state index is 0.479. The zero-order valence-electron chi connectivity index (χ0n) is 13.9. The van der Waals surface area contributed by atoms with E-state index in [0.717, 1.165) is 5.92 Å². The number of aryl methyl sites for hydroxylation is 1. The van der Waals surface area contributed by atoms with Gasteiger partial charge in [0.2, 0.25) is 0 Å². The highest BCUT2D eigenvalue weighted by molar-refractivity contribution is 5.06. The topological polar surface area (TPSA) is 41.9 Å². The smallest absolute Gasteiger partial charge is 0.125 e. The van der Waals surface area contributed by atoms with E-state index in [9.17, 15) is 0 Å². The van der Waals surface area contributed by atoms with E-state index in [-0.39, 0.29) is 0 Å². The zero-order chi connectivity index (χ0) is 15.0. The van der Waals surface area contributed by atoms with Gasteiger partial charge in [-0.3, -0.25) is 0 Å². The lowest BCUT2D eigenvalue weighted by atomic mass is 9.67. The van der Waals surface area contributed by atoms with Gasteiger partial charge < -0.3 is 15.2 Å². The van der Waals surface area contributed by atoms with E-state index in [4.69, 9.17) is 0 Å². The van der Waals surface area contributed by atoms with Gasteiger partial charge in [0.05, 0.1) is 6.04 Å². The van der Waals surface area contributed by atoms with Crippen molar-refractivity contribution in [3.05, 3.63) is 18.2 Å². The predicted octanol–water partition coefficient (Wildman–Crippen LogP) is 2.77. The molecular weight excluding hydrogens is 272 g/mol. The second-order valence-electron chi connectivity index (χ2n) is 7.90. The molecule has 2 aliphatic carbocycles. The molecule has 0 aromatic carbocycles. The maximum Gasteiger partial charge on any atom is 0.125 e. The van der Waals surface area contributed by atoms with Crippen LogP contribution in [0.1, 0.15) is 63.2 Å². The Labute approximate surface area is 134 Å². The summed E-state index contributed by atoms with van der Waals surface area (Å²) in [6, 6.07) is 1.18. The molecule has 122 valence electrons. The molecule has 4 rings (SSSR count). The number of rotatable bonds is 4. The fourth-order valence-electron chi connectivity index (χ4n) is 4.64. The molecule has 3 fully saturated rings. The number of nitrogens with zero attached hydrogens (tertiary/aromatic N) is 2. The summed E-state index contributed by atoms with van der Waals surface area (Å²) in [5.41, 5.74) is 0.668. The number of nitrogens with one attached hydrogen (secondary N) is 2. The van der Waals surface area contributed by atoms with Crippen LogP contribution in [-0.4, -0.2) is 28.7 Å². The van der Waals surface area contributed by atoms with Crippen molar-refractivity contribution in [1.82, 2.24) is 20.2 Å². The second-order valence-corrected chi connectivity index (χ2v) is 7.90. The highest BCUT2D eigenvalue weighted by atomic mass is 15.1. The lowest BCUT2D eigenvalue weighted by molar-refractivity contribution is 0.110. The summed E-state index contributed by atoms with van der Waals surface area (Å²) in [7, 11) is 2.13. The first kappa shape index (κ1) is 14.7. The molecule has 0 unspecified atom stereocenters. The molecule has 1 aliphatic heterocycles. The molecule has 4 heteroatoms. The Morgan fingerprint density at radius 2 is 1.91 bits per heavy atom. The summed E-state index contributed by atoms with van der Waals surface area (Å²) < 4.78 is 2.20. The minimum Gasteiger partial charge on any atom is -0.337 e. The molecular formula is C18H30N4. The molecule has 2 N–H and O–H groups in total. The van der Waals surface area contributed by atoms with Crippen LogP contribution in [0.3, 0.4) is 0 Å². The van der Waals surface area contributed by atoms with E-state index in [1.165, 1.54) is 70.3 Å². The maximum absolute atomic E-state index is 4.62. The van der Waals surface area contributed by atoms with Crippen LogP contribution in [0.4, 0.5) is 0 Å². The van der Waals surface area contributed by atoms with Crippen LogP contribution in [0.2, 0.25) is 0 Å². The van der Waals surface area contributed by atoms with Gasteiger partial charge in [0.25, 0.3) is 0 Å². The normalized spacial score (nSPS) is 27.1. The van der Waals surface area contributed by atoms with E-state index >= 15 is 0 Å². The lowest BCUT2D eigenvalue weighted by Gasteiger charge is -2.44. The number of piperidine rings is 1. The minimum atomic E-state index is 0.479. The van der Waals surface area contributed by atoms with Gasteiger partial charge in [0.15, 0.2) is 0 Å². The summed E-state index contributed by atoms with van der Waals surface area (Å²) >= 11 is 0. The average Bonchev–Trinajstić information content (AvgIpc) is 3.30. The monoisotopic (exact) mass is 302 g/mol. The van der Waals surface area contributed by atoms with Crippen LogP contribution < -0.4 is 10.6 Å². The SMILES string of the molecule is Cn1ccnc1[C@H](NC1CCC2(CCNCC2)CC1)C1CC1. The van der Waals surface area contributed by atoms with Crippen molar-refractivity contribution in [3.8, 4) is 0 Å². The van der Waals surface area contributed by atoms with Crippen molar-refractivity contribution >= 4 is 0 Å². The van der Waals surface area contributed by atoms with E-state index < -0.39 is 0 Å². The largest absolute Gasteiger partial charge is 0.337 e. The number of hydrogen-bond donors (Lipinski definition) is 2. The average molecular weight is 302 g/mol. The Kier molecular flexibility index (Phi) is 3.99. The second kappa shape index (κ2) is 5.97. The molecule has 22 heavy (non-hydrogen) atoms. The predicted molar refractivity (Wildman–Crippen MR) is 88.6 cm³/mol. The third kappa shape index (κ3) is 2.95. The first-order valence-corrected chi connectivity index (χ1v) is 9.20.